The van der Waals surface area contributed by atoms with Crippen molar-refractivity contribution in [1.82, 2.24) is 21.1 Å². The van der Waals surface area contributed by atoms with Crippen LogP contribution < -0.4 is 16.2 Å². The third kappa shape index (κ3) is 6.37. The van der Waals surface area contributed by atoms with Crippen molar-refractivity contribution < 1.29 is 14.0 Å². The van der Waals surface area contributed by atoms with Crippen LogP contribution in [0.5, 0.6) is 0 Å². The van der Waals surface area contributed by atoms with E-state index in [1.54, 1.807) is 11.9 Å². The lowest BCUT2D eigenvalue weighted by atomic mass is 9.99. The largest absolute Gasteiger partial charge is 0.344 e. The van der Waals surface area contributed by atoms with Crippen LogP contribution in [0.3, 0.4) is 0 Å². The molecule has 172 valence electrons. The molecule has 6 nitrogen and oxygen atoms in total. The van der Waals surface area contributed by atoms with E-state index in [0.29, 0.717) is 24.2 Å². The van der Waals surface area contributed by atoms with Gasteiger partial charge in [0.2, 0.25) is 5.91 Å². The number of benzene rings is 2. The van der Waals surface area contributed by atoms with Gasteiger partial charge in [-0.25, -0.2) is 4.39 Å². The van der Waals surface area contributed by atoms with E-state index in [1.165, 1.54) is 29.8 Å². The molecule has 0 saturated carbocycles. The zero-order chi connectivity index (χ0) is 23.1. The zero-order valence-electron chi connectivity index (χ0n) is 19.0. The fourth-order valence-electron chi connectivity index (χ4n) is 3.98. The first-order valence-electron chi connectivity index (χ1n) is 11.2. The van der Waals surface area contributed by atoms with Crippen molar-refractivity contribution in [3.8, 4) is 0 Å². The average Bonchev–Trinajstić information content (AvgIpc) is 3.26. The quantitative estimate of drug-likeness (QED) is 0.559. The highest BCUT2D eigenvalue weighted by Gasteiger charge is 2.28. The molecule has 1 fully saturated rings. The Kier molecular flexibility index (Phi) is 8.36. The number of amides is 2. The van der Waals surface area contributed by atoms with Crippen molar-refractivity contribution in [2.45, 2.75) is 51.2 Å². The van der Waals surface area contributed by atoms with Gasteiger partial charge in [-0.05, 0) is 55.0 Å². The fourth-order valence-corrected chi connectivity index (χ4v) is 3.98. The van der Waals surface area contributed by atoms with Gasteiger partial charge >= 0.3 is 0 Å². The lowest BCUT2D eigenvalue weighted by Gasteiger charge is -2.27. The normalized spacial score (nSPS) is 19.0. The van der Waals surface area contributed by atoms with Crippen LogP contribution >= 0.6 is 0 Å². The maximum atomic E-state index is 13.1. The topological polar surface area (TPSA) is 73.5 Å². The number of hydrazine groups is 1. The summed E-state index contributed by atoms with van der Waals surface area (Å²) in [4.78, 5) is 27.2. The van der Waals surface area contributed by atoms with Gasteiger partial charge in [0.25, 0.3) is 5.91 Å². The van der Waals surface area contributed by atoms with E-state index in [0.717, 1.165) is 19.3 Å². The van der Waals surface area contributed by atoms with Gasteiger partial charge in [-0.1, -0.05) is 44.2 Å². The summed E-state index contributed by atoms with van der Waals surface area (Å²) in [6.45, 7) is 4.42. The molecule has 3 N–H and O–H groups in total. The first kappa shape index (κ1) is 23.9. The van der Waals surface area contributed by atoms with E-state index in [4.69, 9.17) is 0 Å². The van der Waals surface area contributed by atoms with Crippen LogP contribution in [0.4, 0.5) is 4.39 Å². The summed E-state index contributed by atoms with van der Waals surface area (Å²) in [7, 11) is 1.77. The lowest BCUT2D eigenvalue weighted by molar-refractivity contribution is -0.133. The van der Waals surface area contributed by atoms with Crippen molar-refractivity contribution in [1.29, 1.82) is 0 Å². The highest BCUT2D eigenvalue weighted by Crippen LogP contribution is 2.23. The van der Waals surface area contributed by atoms with Gasteiger partial charge in [0.15, 0.2) is 0 Å². The number of hydrogen-bond acceptors (Lipinski definition) is 4. The number of likely N-dealkylation sites (N-methyl/N-ethyl adjacent to an activating group) is 1. The monoisotopic (exact) mass is 440 g/mol. The number of halogens is 1. The van der Waals surface area contributed by atoms with Crippen molar-refractivity contribution in [2.24, 2.45) is 5.92 Å². The Morgan fingerprint density at radius 3 is 2.44 bits per heavy atom. The Bertz CT molecular complexity index is 889. The van der Waals surface area contributed by atoms with E-state index in [9.17, 15) is 14.0 Å². The van der Waals surface area contributed by atoms with Gasteiger partial charge in [-0.15, -0.1) is 0 Å². The summed E-state index contributed by atoms with van der Waals surface area (Å²) in [5.74, 6) is -0.963. The number of nitrogens with one attached hydrogen (secondary N) is 3. The first-order valence-corrected chi connectivity index (χ1v) is 11.2. The number of carbonyl (C=O) groups is 2. The number of rotatable bonds is 9. The van der Waals surface area contributed by atoms with Crippen molar-refractivity contribution in [3.63, 3.8) is 0 Å². The van der Waals surface area contributed by atoms with Crippen molar-refractivity contribution >= 4 is 11.8 Å². The molecule has 0 aliphatic carbocycles. The van der Waals surface area contributed by atoms with E-state index >= 15 is 0 Å². The summed E-state index contributed by atoms with van der Waals surface area (Å²) in [6.07, 6.45) is 2.81. The number of carbonyl (C=O) groups excluding carboxylic acids is 2. The van der Waals surface area contributed by atoms with E-state index < -0.39 is 11.9 Å². The Labute approximate surface area is 189 Å². The highest BCUT2D eigenvalue weighted by molar-refractivity contribution is 5.97. The molecule has 0 radical (unpaired) electrons. The molecule has 7 heteroatoms. The van der Waals surface area contributed by atoms with Crippen molar-refractivity contribution in [2.75, 3.05) is 13.6 Å². The summed E-state index contributed by atoms with van der Waals surface area (Å²) in [5, 5.41) is 2.81. The van der Waals surface area contributed by atoms with Crippen LogP contribution in [0.1, 0.15) is 55.1 Å². The summed E-state index contributed by atoms with van der Waals surface area (Å²) in [6, 6.07) is 15.7. The molecular weight excluding hydrogens is 407 g/mol. The smallest absolute Gasteiger partial charge is 0.251 e. The molecule has 0 bridgehead atoms. The van der Waals surface area contributed by atoms with Gasteiger partial charge in [0, 0.05) is 31.2 Å². The standard InChI is InChI=1S/C25H33FN4O2/c1-17(2)23(27-24(31)19-11-13-20(26)14-12-19)25(32)30(3)15-7-10-21-16-22(29-28-21)18-8-5-4-6-9-18/h4-6,8-9,11-14,17,21-23,28-29H,7,10,15-16H2,1-3H3,(H,27,31). The third-order valence-electron chi connectivity index (χ3n) is 5.93. The van der Waals surface area contributed by atoms with Gasteiger partial charge in [-0.3, -0.25) is 20.4 Å². The van der Waals surface area contributed by atoms with Gasteiger partial charge in [-0.2, -0.15) is 0 Å². The molecule has 1 saturated heterocycles. The molecule has 2 aromatic carbocycles. The van der Waals surface area contributed by atoms with Crippen LogP contribution in [0.25, 0.3) is 0 Å². The molecule has 0 spiro atoms. The summed E-state index contributed by atoms with van der Waals surface area (Å²) >= 11 is 0. The molecular formula is C25H33FN4O2. The van der Waals surface area contributed by atoms with E-state index in [1.807, 2.05) is 32.0 Å². The minimum Gasteiger partial charge on any atom is -0.344 e. The molecule has 2 aromatic rings. The first-order chi connectivity index (χ1) is 15.3. The summed E-state index contributed by atoms with van der Waals surface area (Å²) < 4.78 is 13.1. The van der Waals surface area contributed by atoms with E-state index in [-0.39, 0.29) is 17.7 Å². The minimum atomic E-state index is -0.633. The molecule has 3 unspecified atom stereocenters. The molecule has 3 rings (SSSR count). The van der Waals surface area contributed by atoms with Gasteiger partial charge in [0.05, 0.1) is 0 Å². The fraction of sp³-hybridized carbons (Fsp3) is 0.440. The molecule has 1 aliphatic rings. The maximum absolute atomic E-state index is 13.1. The second kappa shape index (κ2) is 11.2. The average molecular weight is 441 g/mol. The molecule has 0 aromatic heterocycles. The Morgan fingerprint density at radius 1 is 1.09 bits per heavy atom. The Hall–Kier alpha value is -2.77. The lowest BCUT2D eigenvalue weighted by Crippen LogP contribution is -2.50. The predicted octanol–water partition coefficient (Wildman–Crippen LogP) is 3.43. The number of hydrogen-bond donors (Lipinski definition) is 3. The van der Waals surface area contributed by atoms with Crippen LogP contribution in [-0.4, -0.2) is 42.4 Å². The Balaban J connectivity index is 1.46. The predicted molar refractivity (Wildman–Crippen MR) is 123 cm³/mol. The summed E-state index contributed by atoms with van der Waals surface area (Å²) in [5.41, 5.74) is 8.32. The molecule has 1 heterocycles. The molecule has 3 atom stereocenters. The molecule has 32 heavy (non-hydrogen) atoms. The van der Waals surface area contributed by atoms with Gasteiger partial charge in [0.1, 0.15) is 11.9 Å². The third-order valence-corrected chi connectivity index (χ3v) is 5.93. The van der Waals surface area contributed by atoms with Crippen LogP contribution in [0, 0.1) is 11.7 Å². The molecule has 2 amide bonds. The molecule has 1 aliphatic heterocycles. The van der Waals surface area contributed by atoms with Crippen LogP contribution in [-0.2, 0) is 4.79 Å². The van der Waals surface area contributed by atoms with E-state index in [2.05, 4.69) is 28.3 Å². The van der Waals surface area contributed by atoms with Crippen LogP contribution in [0.15, 0.2) is 54.6 Å². The second-order valence-electron chi connectivity index (χ2n) is 8.79. The zero-order valence-corrected chi connectivity index (χ0v) is 19.0. The SMILES string of the molecule is CC(C)C(NC(=O)c1ccc(F)cc1)C(=O)N(C)CCCC1CC(c2ccccc2)NN1. The maximum Gasteiger partial charge on any atom is 0.251 e. The van der Waals surface area contributed by atoms with Gasteiger partial charge < -0.3 is 10.2 Å². The Morgan fingerprint density at radius 2 is 1.78 bits per heavy atom. The second-order valence-corrected chi connectivity index (χ2v) is 8.79. The van der Waals surface area contributed by atoms with Crippen LogP contribution in [0.2, 0.25) is 0 Å². The highest BCUT2D eigenvalue weighted by atomic mass is 19.1. The minimum absolute atomic E-state index is 0.0679. The number of nitrogens with zero attached hydrogens (tertiary/aromatic N) is 1. The van der Waals surface area contributed by atoms with Crippen molar-refractivity contribution in [3.05, 3.63) is 71.5 Å².